The number of aliphatic hydroxyl groups excluding tert-OH is 3. The molecule has 1 aliphatic rings. The van der Waals surface area contributed by atoms with Crippen molar-refractivity contribution in [2.24, 2.45) is 0 Å². The molecule has 6 nitrogen and oxygen atoms in total. The fourth-order valence-corrected chi connectivity index (χ4v) is 2.72. The molecule has 0 unspecified atom stereocenters. The van der Waals surface area contributed by atoms with Gasteiger partial charge in [0.1, 0.15) is 29.8 Å². The molecule has 2 aromatic rings. The highest BCUT2D eigenvalue weighted by molar-refractivity contribution is 5.35. The van der Waals surface area contributed by atoms with E-state index in [2.05, 4.69) is 0 Å². The Hall–Kier alpha value is -2.12. The monoisotopic (exact) mass is 346 g/mol. The van der Waals surface area contributed by atoms with E-state index in [1.165, 1.54) is 0 Å². The van der Waals surface area contributed by atoms with Crippen molar-refractivity contribution in [1.82, 2.24) is 0 Å². The molecule has 1 fully saturated rings. The summed E-state index contributed by atoms with van der Waals surface area (Å²) in [5.41, 5.74) is 2.17. The van der Waals surface area contributed by atoms with Crippen LogP contribution in [0.4, 0.5) is 0 Å². The molecule has 0 amide bonds. The van der Waals surface area contributed by atoms with Crippen molar-refractivity contribution in [3.8, 4) is 11.5 Å². The highest BCUT2D eigenvalue weighted by Crippen LogP contribution is 2.23. The van der Waals surface area contributed by atoms with Crippen molar-refractivity contribution in [2.75, 3.05) is 13.7 Å². The van der Waals surface area contributed by atoms with Crippen LogP contribution < -0.4 is 9.47 Å². The average molecular weight is 346 g/mol. The first kappa shape index (κ1) is 17.7. The second-order valence-electron chi connectivity index (χ2n) is 6.04. The fourth-order valence-electron chi connectivity index (χ4n) is 2.72. The van der Waals surface area contributed by atoms with Gasteiger partial charge in [-0.05, 0) is 41.8 Å². The third-order valence-corrected chi connectivity index (χ3v) is 4.17. The topological polar surface area (TPSA) is 88.4 Å². The molecule has 0 bridgehead atoms. The van der Waals surface area contributed by atoms with Gasteiger partial charge in [0, 0.05) is 0 Å². The third-order valence-electron chi connectivity index (χ3n) is 4.17. The largest absolute Gasteiger partial charge is 0.497 e. The maximum absolute atomic E-state index is 9.95. The van der Waals surface area contributed by atoms with Gasteiger partial charge < -0.3 is 29.5 Å². The zero-order valence-corrected chi connectivity index (χ0v) is 13.9. The number of benzene rings is 2. The van der Waals surface area contributed by atoms with E-state index < -0.39 is 24.6 Å². The predicted octanol–water partition coefficient (Wildman–Crippen LogP) is 1.10. The Morgan fingerprint density at radius 2 is 1.72 bits per heavy atom. The van der Waals surface area contributed by atoms with Gasteiger partial charge in [0.15, 0.2) is 0 Å². The summed E-state index contributed by atoms with van der Waals surface area (Å²) in [6.07, 6.45) is -4.02. The highest BCUT2D eigenvalue weighted by atomic mass is 16.7. The van der Waals surface area contributed by atoms with Gasteiger partial charge in [0.2, 0.25) is 6.29 Å². The van der Waals surface area contributed by atoms with Crippen molar-refractivity contribution in [3.05, 3.63) is 59.7 Å². The summed E-state index contributed by atoms with van der Waals surface area (Å²) in [5, 5.41) is 29.1. The summed E-state index contributed by atoms with van der Waals surface area (Å²) in [6, 6.07) is 15.3. The Balaban J connectivity index is 1.66. The standard InChI is InChI=1S/C19H22O6/c1-23-14-7-5-12(6-8-14)9-13-3-2-4-15(10-13)25-19-18(22)17(21)16(20)11-24-19/h2-8,10,16-22H,9,11H2,1H3/t16-,17-,18+,19+/m0/s1. The van der Waals surface area contributed by atoms with E-state index in [0.717, 1.165) is 23.3 Å². The molecule has 0 radical (unpaired) electrons. The molecule has 134 valence electrons. The van der Waals surface area contributed by atoms with E-state index in [0.29, 0.717) is 5.75 Å². The van der Waals surface area contributed by atoms with E-state index in [4.69, 9.17) is 14.2 Å². The lowest BCUT2D eigenvalue weighted by atomic mass is 10.0. The number of ether oxygens (including phenoxy) is 3. The lowest BCUT2D eigenvalue weighted by molar-refractivity contribution is -0.242. The minimum Gasteiger partial charge on any atom is -0.497 e. The first-order valence-corrected chi connectivity index (χ1v) is 8.11. The summed E-state index contributed by atoms with van der Waals surface area (Å²) in [4.78, 5) is 0. The van der Waals surface area contributed by atoms with Gasteiger partial charge in [-0.15, -0.1) is 0 Å². The van der Waals surface area contributed by atoms with Gasteiger partial charge in [-0.1, -0.05) is 24.3 Å². The lowest BCUT2D eigenvalue weighted by Gasteiger charge is -2.34. The normalized spacial score (nSPS) is 26.2. The van der Waals surface area contributed by atoms with Crippen LogP contribution >= 0.6 is 0 Å². The molecular weight excluding hydrogens is 324 g/mol. The third kappa shape index (κ3) is 4.29. The molecule has 2 aromatic carbocycles. The smallest absolute Gasteiger partial charge is 0.228 e. The quantitative estimate of drug-likeness (QED) is 0.752. The van der Waals surface area contributed by atoms with Gasteiger partial charge in [-0.2, -0.15) is 0 Å². The summed E-state index contributed by atoms with van der Waals surface area (Å²) in [5.74, 6) is 1.34. The first-order chi connectivity index (χ1) is 12.1. The second-order valence-corrected chi connectivity index (χ2v) is 6.04. The molecule has 0 saturated carbocycles. The van der Waals surface area contributed by atoms with Gasteiger partial charge in [0.25, 0.3) is 0 Å². The Labute approximate surface area is 146 Å². The van der Waals surface area contributed by atoms with Crippen LogP contribution in [0.1, 0.15) is 11.1 Å². The highest BCUT2D eigenvalue weighted by Gasteiger charge is 2.38. The van der Waals surface area contributed by atoms with Gasteiger partial charge in [0.05, 0.1) is 13.7 Å². The van der Waals surface area contributed by atoms with E-state index in [-0.39, 0.29) is 6.61 Å². The second kappa shape index (κ2) is 7.84. The molecule has 1 saturated heterocycles. The molecule has 0 aromatic heterocycles. The van der Waals surface area contributed by atoms with Crippen LogP contribution in [-0.4, -0.2) is 53.6 Å². The minimum atomic E-state index is -1.31. The SMILES string of the molecule is COc1ccc(Cc2cccc(O[C@H]3OC[C@H](O)[C@H](O)[C@H]3O)c2)cc1. The maximum atomic E-state index is 9.95. The van der Waals surface area contributed by atoms with Crippen molar-refractivity contribution < 1.29 is 29.5 Å². The maximum Gasteiger partial charge on any atom is 0.228 e. The number of rotatable bonds is 5. The number of aliphatic hydroxyl groups is 3. The Kier molecular flexibility index (Phi) is 5.55. The van der Waals surface area contributed by atoms with Crippen LogP contribution in [0.15, 0.2) is 48.5 Å². The van der Waals surface area contributed by atoms with E-state index >= 15 is 0 Å². The predicted molar refractivity (Wildman–Crippen MR) is 90.6 cm³/mol. The van der Waals surface area contributed by atoms with Crippen molar-refractivity contribution in [2.45, 2.75) is 31.0 Å². The molecule has 0 spiro atoms. The Morgan fingerprint density at radius 3 is 2.44 bits per heavy atom. The molecule has 25 heavy (non-hydrogen) atoms. The molecule has 1 aliphatic heterocycles. The molecule has 1 heterocycles. The lowest BCUT2D eigenvalue weighted by Crippen LogP contribution is -2.54. The average Bonchev–Trinajstić information content (AvgIpc) is 2.63. The molecule has 0 aliphatic carbocycles. The number of hydrogen-bond acceptors (Lipinski definition) is 6. The summed E-state index contributed by atoms with van der Waals surface area (Å²) in [7, 11) is 1.63. The van der Waals surface area contributed by atoms with E-state index in [1.807, 2.05) is 42.5 Å². The van der Waals surface area contributed by atoms with Crippen LogP contribution in [0.5, 0.6) is 11.5 Å². The van der Waals surface area contributed by atoms with Crippen LogP contribution in [0.25, 0.3) is 0 Å². The van der Waals surface area contributed by atoms with Crippen LogP contribution in [0, 0.1) is 0 Å². The fraction of sp³-hybridized carbons (Fsp3) is 0.368. The minimum absolute atomic E-state index is 0.0889. The van der Waals surface area contributed by atoms with Crippen molar-refractivity contribution in [3.63, 3.8) is 0 Å². The van der Waals surface area contributed by atoms with Crippen LogP contribution in [0.2, 0.25) is 0 Å². The molecule has 3 N–H and O–H groups in total. The first-order valence-electron chi connectivity index (χ1n) is 8.11. The van der Waals surface area contributed by atoms with Gasteiger partial charge >= 0.3 is 0 Å². The van der Waals surface area contributed by atoms with E-state index in [1.54, 1.807) is 13.2 Å². The van der Waals surface area contributed by atoms with Gasteiger partial charge in [-0.25, -0.2) is 0 Å². The van der Waals surface area contributed by atoms with Crippen molar-refractivity contribution >= 4 is 0 Å². The molecule has 4 atom stereocenters. The Bertz CT molecular complexity index is 687. The van der Waals surface area contributed by atoms with Crippen LogP contribution in [-0.2, 0) is 11.2 Å². The number of hydrogen-bond donors (Lipinski definition) is 3. The van der Waals surface area contributed by atoms with Crippen molar-refractivity contribution in [1.29, 1.82) is 0 Å². The van der Waals surface area contributed by atoms with Crippen LogP contribution in [0.3, 0.4) is 0 Å². The summed E-state index contributed by atoms with van der Waals surface area (Å²) in [6.45, 7) is -0.0889. The Morgan fingerprint density at radius 1 is 0.960 bits per heavy atom. The van der Waals surface area contributed by atoms with Gasteiger partial charge in [-0.3, -0.25) is 0 Å². The molecule has 3 rings (SSSR count). The molecule has 6 heteroatoms. The summed E-state index contributed by atoms with van der Waals surface area (Å²) < 4.78 is 16.1. The summed E-state index contributed by atoms with van der Waals surface area (Å²) >= 11 is 0. The zero-order valence-electron chi connectivity index (χ0n) is 13.9. The number of methoxy groups -OCH3 is 1. The molecular formula is C19H22O6. The zero-order chi connectivity index (χ0) is 17.8. The van der Waals surface area contributed by atoms with E-state index in [9.17, 15) is 15.3 Å².